The number of hydrogen-bond acceptors (Lipinski definition) is 4. The number of rotatable bonds is 11. The van der Waals surface area contributed by atoms with Crippen molar-refractivity contribution < 1.29 is 18.0 Å². The monoisotopic (exact) mass is 687 g/mol. The van der Waals surface area contributed by atoms with Gasteiger partial charge in [-0.2, -0.15) is 0 Å². The number of sulfonamides is 1. The summed E-state index contributed by atoms with van der Waals surface area (Å²) in [5, 5.41) is 3.34. The average Bonchev–Trinajstić information content (AvgIpc) is 2.98. The Balaban J connectivity index is 1.79. The molecule has 0 aromatic heterocycles. The second kappa shape index (κ2) is 14.2. The Morgan fingerprint density at radius 1 is 0.833 bits per heavy atom. The Kier molecular flexibility index (Phi) is 10.7. The van der Waals surface area contributed by atoms with Gasteiger partial charge in [0.15, 0.2) is 0 Å². The number of amides is 2. The SMILES string of the molecule is CNC(=O)[C@@H](Cc1ccccc1)N(Cc1cccc(Br)c1)C(=O)CN(c1cccc(Cl)c1)S(=O)(=O)c1ccc(Cl)cc1. The van der Waals surface area contributed by atoms with E-state index >= 15 is 0 Å². The highest BCUT2D eigenvalue weighted by Gasteiger charge is 2.34. The number of hydrogen-bond donors (Lipinski definition) is 1. The van der Waals surface area contributed by atoms with Crippen molar-refractivity contribution in [2.24, 2.45) is 0 Å². The molecule has 0 bridgehead atoms. The van der Waals surface area contributed by atoms with Gasteiger partial charge in [-0.25, -0.2) is 8.42 Å². The van der Waals surface area contributed by atoms with Crippen molar-refractivity contribution in [2.45, 2.75) is 23.9 Å². The van der Waals surface area contributed by atoms with Gasteiger partial charge in [0.2, 0.25) is 11.8 Å². The number of nitrogens with zero attached hydrogens (tertiary/aromatic N) is 2. The minimum atomic E-state index is -4.25. The van der Waals surface area contributed by atoms with E-state index in [9.17, 15) is 18.0 Å². The summed E-state index contributed by atoms with van der Waals surface area (Å²) in [6, 6.07) is 27.7. The van der Waals surface area contributed by atoms with E-state index in [1.54, 1.807) is 18.2 Å². The lowest BCUT2D eigenvalue weighted by atomic mass is 10.0. The first-order valence-electron chi connectivity index (χ1n) is 12.9. The predicted octanol–water partition coefficient (Wildman–Crippen LogP) is 6.34. The summed E-state index contributed by atoms with van der Waals surface area (Å²) in [5.74, 6) is -0.950. The van der Waals surface area contributed by atoms with Crippen molar-refractivity contribution in [3.63, 3.8) is 0 Å². The lowest BCUT2D eigenvalue weighted by molar-refractivity contribution is -0.139. The van der Waals surface area contributed by atoms with Crippen LogP contribution in [0.25, 0.3) is 0 Å². The molecule has 0 heterocycles. The van der Waals surface area contributed by atoms with Crippen molar-refractivity contribution >= 4 is 66.7 Å². The molecule has 0 spiro atoms. The molecule has 0 aliphatic rings. The fourth-order valence-electron chi connectivity index (χ4n) is 4.45. The Morgan fingerprint density at radius 2 is 1.50 bits per heavy atom. The topological polar surface area (TPSA) is 86.8 Å². The van der Waals surface area contributed by atoms with Crippen LogP contribution < -0.4 is 9.62 Å². The zero-order valence-corrected chi connectivity index (χ0v) is 26.5. The molecule has 4 aromatic carbocycles. The van der Waals surface area contributed by atoms with Crippen LogP contribution in [0.3, 0.4) is 0 Å². The van der Waals surface area contributed by atoms with Gasteiger partial charge in [0.1, 0.15) is 12.6 Å². The van der Waals surface area contributed by atoms with Gasteiger partial charge in [0, 0.05) is 34.5 Å². The number of anilines is 1. The highest BCUT2D eigenvalue weighted by Crippen LogP contribution is 2.28. The summed E-state index contributed by atoms with van der Waals surface area (Å²) in [7, 11) is -2.74. The van der Waals surface area contributed by atoms with E-state index in [4.69, 9.17) is 23.2 Å². The van der Waals surface area contributed by atoms with Crippen LogP contribution in [0.1, 0.15) is 11.1 Å². The Hall–Kier alpha value is -3.37. The van der Waals surface area contributed by atoms with Crippen LogP contribution in [0.15, 0.2) is 112 Å². The third-order valence-electron chi connectivity index (χ3n) is 6.54. The first-order chi connectivity index (χ1) is 20.1. The van der Waals surface area contributed by atoms with Crippen LogP contribution in [0, 0.1) is 0 Å². The third kappa shape index (κ3) is 7.92. The fourth-order valence-corrected chi connectivity index (χ4v) is 6.61. The van der Waals surface area contributed by atoms with E-state index in [-0.39, 0.29) is 29.5 Å². The van der Waals surface area contributed by atoms with Gasteiger partial charge in [-0.1, -0.05) is 87.7 Å². The maximum atomic E-state index is 14.3. The first kappa shape index (κ1) is 31.6. The first-order valence-corrected chi connectivity index (χ1v) is 15.9. The molecule has 0 fully saturated rings. The van der Waals surface area contributed by atoms with E-state index in [2.05, 4.69) is 21.2 Å². The molecule has 0 unspecified atom stereocenters. The summed E-state index contributed by atoms with van der Waals surface area (Å²) in [5.41, 5.74) is 1.81. The molecule has 0 radical (unpaired) electrons. The van der Waals surface area contributed by atoms with E-state index < -0.39 is 28.5 Å². The van der Waals surface area contributed by atoms with Gasteiger partial charge in [0.05, 0.1) is 10.6 Å². The minimum Gasteiger partial charge on any atom is -0.357 e. The molecule has 0 aliphatic carbocycles. The molecule has 0 aliphatic heterocycles. The number of likely N-dealkylation sites (N-methyl/N-ethyl adjacent to an activating group) is 1. The van der Waals surface area contributed by atoms with E-state index in [1.165, 1.54) is 42.3 Å². The van der Waals surface area contributed by atoms with Crippen molar-refractivity contribution in [1.82, 2.24) is 10.2 Å². The maximum Gasteiger partial charge on any atom is 0.264 e. The van der Waals surface area contributed by atoms with Crippen molar-refractivity contribution in [1.29, 1.82) is 0 Å². The van der Waals surface area contributed by atoms with E-state index in [0.29, 0.717) is 10.0 Å². The summed E-state index contributed by atoms with van der Waals surface area (Å²) >= 11 is 15.7. The van der Waals surface area contributed by atoms with E-state index in [0.717, 1.165) is 19.9 Å². The fraction of sp³-hybridized carbons (Fsp3) is 0.161. The molecule has 42 heavy (non-hydrogen) atoms. The van der Waals surface area contributed by atoms with Gasteiger partial charge in [-0.15, -0.1) is 0 Å². The number of halogens is 3. The zero-order valence-electron chi connectivity index (χ0n) is 22.6. The molecule has 0 saturated carbocycles. The van der Waals surface area contributed by atoms with Crippen LogP contribution in [0.2, 0.25) is 10.0 Å². The molecule has 1 N–H and O–H groups in total. The smallest absolute Gasteiger partial charge is 0.264 e. The summed E-state index contributed by atoms with van der Waals surface area (Å²) in [6.45, 7) is -0.519. The second-order valence-corrected chi connectivity index (χ2v) is 13.1. The van der Waals surface area contributed by atoms with Crippen molar-refractivity contribution in [2.75, 3.05) is 17.9 Å². The largest absolute Gasteiger partial charge is 0.357 e. The molecule has 1 atom stereocenters. The van der Waals surface area contributed by atoms with Crippen molar-refractivity contribution in [3.05, 3.63) is 129 Å². The molecular formula is C31H28BrCl2N3O4S. The third-order valence-corrected chi connectivity index (χ3v) is 9.30. The number of nitrogens with one attached hydrogen (secondary N) is 1. The summed E-state index contributed by atoms with van der Waals surface area (Å²) in [4.78, 5) is 28.9. The molecule has 218 valence electrons. The summed E-state index contributed by atoms with van der Waals surface area (Å²) < 4.78 is 29.7. The summed E-state index contributed by atoms with van der Waals surface area (Å²) in [6.07, 6.45) is 0.224. The van der Waals surface area contributed by atoms with Gasteiger partial charge in [-0.3, -0.25) is 13.9 Å². The number of benzene rings is 4. The molecule has 4 aromatic rings. The molecule has 0 saturated heterocycles. The molecule has 2 amide bonds. The van der Waals surface area contributed by atoms with Crippen LogP contribution in [-0.4, -0.2) is 44.8 Å². The normalized spacial score (nSPS) is 11.9. The molecule has 7 nitrogen and oxygen atoms in total. The highest BCUT2D eigenvalue weighted by molar-refractivity contribution is 9.10. The van der Waals surface area contributed by atoms with Crippen LogP contribution in [-0.2, 0) is 32.6 Å². The number of carbonyl (C=O) groups excluding carboxylic acids is 2. The van der Waals surface area contributed by atoms with Gasteiger partial charge in [-0.05, 0) is 65.7 Å². The second-order valence-electron chi connectivity index (χ2n) is 9.42. The Morgan fingerprint density at radius 3 is 2.14 bits per heavy atom. The van der Waals surface area contributed by atoms with Crippen LogP contribution >= 0.6 is 39.1 Å². The lowest BCUT2D eigenvalue weighted by Gasteiger charge is -2.33. The predicted molar refractivity (Wildman–Crippen MR) is 170 cm³/mol. The van der Waals surface area contributed by atoms with Crippen LogP contribution in [0.5, 0.6) is 0 Å². The van der Waals surface area contributed by atoms with Crippen molar-refractivity contribution in [3.8, 4) is 0 Å². The highest BCUT2D eigenvalue weighted by atomic mass is 79.9. The Bertz CT molecular complexity index is 1650. The lowest BCUT2D eigenvalue weighted by Crippen LogP contribution is -2.53. The van der Waals surface area contributed by atoms with Gasteiger partial charge < -0.3 is 10.2 Å². The zero-order chi connectivity index (χ0) is 30.3. The Labute approximate surface area is 264 Å². The molecular weight excluding hydrogens is 661 g/mol. The average molecular weight is 689 g/mol. The van der Waals surface area contributed by atoms with Crippen LogP contribution in [0.4, 0.5) is 5.69 Å². The maximum absolute atomic E-state index is 14.3. The standard InChI is InChI=1S/C31H28BrCl2N3O4S/c1-35-31(39)29(18-22-7-3-2-4-8-22)36(20-23-9-5-10-24(32)17-23)30(38)21-37(27-12-6-11-26(34)19-27)42(40,41)28-15-13-25(33)14-16-28/h2-17,19,29H,18,20-21H2,1H3,(H,35,39)/t29-/m1/s1. The molecule has 4 rings (SSSR count). The van der Waals surface area contributed by atoms with Gasteiger partial charge in [0.25, 0.3) is 10.0 Å². The number of carbonyl (C=O) groups is 2. The molecule has 11 heteroatoms. The van der Waals surface area contributed by atoms with E-state index in [1.807, 2.05) is 54.6 Å². The quantitative estimate of drug-likeness (QED) is 0.199. The minimum absolute atomic E-state index is 0.0506. The van der Waals surface area contributed by atoms with Gasteiger partial charge >= 0.3 is 0 Å².